The lowest BCUT2D eigenvalue weighted by Crippen LogP contribution is -2.54. The lowest BCUT2D eigenvalue weighted by Gasteiger charge is -2.36. The van der Waals surface area contributed by atoms with Crippen LogP contribution in [0.3, 0.4) is 0 Å². The van der Waals surface area contributed by atoms with Crippen molar-refractivity contribution in [3.05, 3.63) is 90.3 Å². The van der Waals surface area contributed by atoms with Gasteiger partial charge in [0.1, 0.15) is 35.4 Å². The molecule has 9 rings (SSSR count). The van der Waals surface area contributed by atoms with Gasteiger partial charge < -0.3 is 20.3 Å². The minimum absolute atomic E-state index is 0.0693. The second-order valence-corrected chi connectivity index (χ2v) is 15.4. The van der Waals surface area contributed by atoms with Gasteiger partial charge >= 0.3 is 0 Å². The maximum Gasteiger partial charge on any atom is 0.262 e. The van der Waals surface area contributed by atoms with Crippen LogP contribution in [0.15, 0.2) is 79.1 Å². The molecule has 4 aliphatic rings. The van der Waals surface area contributed by atoms with Crippen LogP contribution in [-0.4, -0.2) is 116 Å². The highest BCUT2D eigenvalue weighted by Crippen LogP contribution is 2.36. The van der Waals surface area contributed by atoms with Crippen molar-refractivity contribution >= 4 is 52.1 Å². The van der Waals surface area contributed by atoms with Crippen molar-refractivity contribution in [3.8, 4) is 22.8 Å². The molecule has 3 fully saturated rings. The van der Waals surface area contributed by atoms with Crippen LogP contribution >= 0.6 is 0 Å². The summed E-state index contributed by atoms with van der Waals surface area (Å²) in [4.78, 5) is 80.5. The molecule has 3 N–H and O–H groups in total. The predicted octanol–water partition coefficient (Wildman–Crippen LogP) is 4.03. The largest absolute Gasteiger partial charge is 0.457 e. The van der Waals surface area contributed by atoms with Gasteiger partial charge in [-0.1, -0.05) is 18.2 Å². The third-order valence-corrected chi connectivity index (χ3v) is 11.7. The van der Waals surface area contributed by atoms with Gasteiger partial charge in [-0.3, -0.25) is 39.1 Å². The number of nitrogens with one attached hydrogen (secondary N) is 1. The number of aromatic nitrogens is 4. The minimum Gasteiger partial charge on any atom is -0.457 e. The van der Waals surface area contributed by atoms with E-state index >= 15 is 0 Å². The molecule has 2 atom stereocenters. The number of nitrogen functional groups attached to an aromatic ring is 1. The zero-order chi connectivity index (χ0) is 40.6. The Labute approximate surface area is 339 Å². The lowest BCUT2D eigenvalue weighted by atomic mass is 10.0. The number of hydrogen-bond acceptors (Lipinski definition) is 12. The highest BCUT2D eigenvalue weighted by molar-refractivity contribution is 6.23. The third-order valence-electron chi connectivity index (χ3n) is 11.7. The molecular weight excluding hydrogens is 753 g/mol. The molecule has 0 aliphatic carbocycles. The predicted molar refractivity (Wildman–Crippen MR) is 218 cm³/mol. The third kappa shape index (κ3) is 7.46. The van der Waals surface area contributed by atoms with Crippen molar-refractivity contribution in [2.75, 3.05) is 56.4 Å². The smallest absolute Gasteiger partial charge is 0.262 e. The molecule has 0 saturated carbocycles. The van der Waals surface area contributed by atoms with Crippen LogP contribution in [0, 0.1) is 0 Å². The number of benzene rings is 3. The number of carbonyl (C=O) groups excluding carboxylic acids is 5. The van der Waals surface area contributed by atoms with E-state index in [1.807, 2.05) is 70.2 Å². The van der Waals surface area contributed by atoms with Crippen LogP contribution in [0.5, 0.6) is 11.5 Å². The van der Waals surface area contributed by atoms with Crippen LogP contribution in [0.4, 0.5) is 11.5 Å². The van der Waals surface area contributed by atoms with Crippen molar-refractivity contribution < 1.29 is 28.7 Å². The van der Waals surface area contributed by atoms with Crippen LogP contribution in [0.25, 0.3) is 22.3 Å². The molecule has 0 spiro atoms. The van der Waals surface area contributed by atoms with Crippen LogP contribution < -0.4 is 20.7 Å². The summed E-state index contributed by atoms with van der Waals surface area (Å²) in [7, 11) is 0. The Hall–Kier alpha value is -6.68. The van der Waals surface area contributed by atoms with E-state index in [0.29, 0.717) is 47.8 Å². The first-order chi connectivity index (χ1) is 28.7. The molecule has 2 aromatic heterocycles. The zero-order valence-electron chi connectivity index (χ0n) is 32.5. The molecule has 3 aromatic carbocycles. The molecular formula is C43H44N10O6. The normalized spacial score (nSPS) is 20.0. The monoisotopic (exact) mass is 796 g/mol. The SMILES string of the molecule is Nc1ncnc2c1c(-c1ccc(Oc3ccccc3)cc1)nn2C1CCCN(C(=O)CCCN2CCN(c3ccc4c(c3)C(=O)N(C3CCC(=O)NC3=O)C4=O)CC2)C1. The zero-order valence-corrected chi connectivity index (χ0v) is 32.5. The molecule has 0 bridgehead atoms. The minimum atomic E-state index is -0.994. The fourth-order valence-corrected chi connectivity index (χ4v) is 8.64. The van der Waals surface area contributed by atoms with Crippen molar-refractivity contribution in [2.24, 2.45) is 0 Å². The van der Waals surface area contributed by atoms with Crippen molar-refractivity contribution in [2.45, 2.75) is 50.6 Å². The average molecular weight is 797 g/mol. The van der Waals surface area contributed by atoms with Gasteiger partial charge in [0, 0.05) is 63.4 Å². The molecule has 3 saturated heterocycles. The van der Waals surface area contributed by atoms with Gasteiger partial charge in [-0.05, 0) is 86.8 Å². The number of imide groups is 2. The fourth-order valence-electron chi connectivity index (χ4n) is 8.64. The summed E-state index contributed by atoms with van der Waals surface area (Å²) in [6.07, 6.45) is 4.52. The van der Waals surface area contributed by atoms with E-state index in [1.54, 1.807) is 12.1 Å². The Morgan fingerprint density at radius 3 is 2.39 bits per heavy atom. The summed E-state index contributed by atoms with van der Waals surface area (Å²) in [6, 6.07) is 21.5. The topological polar surface area (TPSA) is 189 Å². The van der Waals surface area contributed by atoms with Crippen molar-refractivity contribution in [1.82, 2.24) is 39.8 Å². The first-order valence-corrected chi connectivity index (χ1v) is 20.1. The van der Waals surface area contributed by atoms with Gasteiger partial charge in [0.25, 0.3) is 11.8 Å². The highest BCUT2D eigenvalue weighted by Gasteiger charge is 2.45. The number of ether oxygens (including phenoxy) is 1. The molecule has 16 heteroatoms. The van der Waals surface area contributed by atoms with Crippen LogP contribution in [0.1, 0.15) is 65.3 Å². The number of carbonyl (C=O) groups is 5. The number of likely N-dealkylation sites (tertiary alicyclic amines) is 1. The molecule has 6 heterocycles. The van der Waals surface area contributed by atoms with Crippen molar-refractivity contribution in [1.29, 1.82) is 0 Å². The number of piperidine rings is 2. The summed E-state index contributed by atoms with van der Waals surface area (Å²) < 4.78 is 7.90. The molecule has 4 aliphatic heterocycles. The summed E-state index contributed by atoms with van der Waals surface area (Å²) in [5.41, 5.74) is 9.98. The van der Waals surface area contributed by atoms with Gasteiger partial charge in [0.2, 0.25) is 17.7 Å². The first-order valence-electron chi connectivity index (χ1n) is 20.1. The Morgan fingerprint density at radius 2 is 1.61 bits per heavy atom. The summed E-state index contributed by atoms with van der Waals surface area (Å²) in [5.74, 6) is -0.128. The maximum absolute atomic E-state index is 13.6. The summed E-state index contributed by atoms with van der Waals surface area (Å²) in [6.45, 7) is 5.02. The molecule has 16 nitrogen and oxygen atoms in total. The Balaban J connectivity index is 0.785. The van der Waals surface area contributed by atoms with E-state index in [-0.39, 0.29) is 35.9 Å². The van der Waals surface area contributed by atoms with Crippen molar-refractivity contribution in [3.63, 3.8) is 0 Å². The molecule has 302 valence electrons. The quantitative estimate of drug-likeness (QED) is 0.194. The number of nitrogens with zero attached hydrogens (tertiary/aromatic N) is 8. The number of anilines is 2. The number of fused-ring (bicyclic) bond motifs is 2. The molecule has 5 amide bonds. The van der Waals surface area contributed by atoms with E-state index in [0.717, 1.165) is 73.9 Å². The molecule has 59 heavy (non-hydrogen) atoms. The first kappa shape index (κ1) is 37.9. The molecule has 5 aromatic rings. The highest BCUT2D eigenvalue weighted by atomic mass is 16.5. The van der Waals surface area contributed by atoms with Crippen LogP contribution in [-0.2, 0) is 14.4 Å². The Bertz CT molecular complexity index is 2450. The van der Waals surface area contributed by atoms with Gasteiger partial charge in [-0.15, -0.1) is 0 Å². The van der Waals surface area contributed by atoms with E-state index in [4.69, 9.17) is 15.6 Å². The van der Waals surface area contributed by atoms with E-state index < -0.39 is 29.7 Å². The second-order valence-electron chi connectivity index (χ2n) is 15.4. The summed E-state index contributed by atoms with van der Waals surface area (Å²) >= 11 is 0. The van der Waals surface area contributed by atoms with E-state index in [2.05, 4.69) is 25.1 Å². The lowest BCUT2D eigenvalue weighted by molar-refractivity contribution is -0.136. The standard InChI is InChI=1S/C43H44N10O6/c44-39-37-38(27-10-13-31(14-11-27)59-30-7-2-1-3-8-30)48-53(40(37)46-26-45-39)29-6-4-19-51(25-29)36(55)9-5-18-49-20-22-50(23-21-49)28-12-15-32-33(24-28)43(58)52(42(32)57)34-16-17-35(54)47-41(34)56/h1-3,7-8,10-15,24,26,29,34H,4-6,9,16-23,25H2,(H2,44,45,46)(H,47,54,56). The van der Waals surface area contributed by atoms with Gasteiger partial charge in [0.15, 0.2) is 5.65 Å². The molecule has 2 unspecified atom stereocenters. The average Bonchev–Trinajstić information content (AvgIpc) is 3.77. The number of rotatable bonds is 10. The summed E-state index contributed by atoms with van der Waals surface area (Å²) in [5, 5.41) is 7.96. The number of amides is 5. The number of piperazine rings is 1. The van der Waals surface area contributed by atoms with Gasteiger partial charge in [0.05, 0.1) is 22.6 Å². The number of nitrogens with two attached hydrogens (primary N) is 1. The second kappa shape index (κ2) is 15.9. The number of hydrogen-bond donors (Lipinski definition) is 2. The van der Waals surface area contributed by atoms with Gasteiger partial charge in [-0.25, -0.2) is 14.6 Å². The number of para-hydroxylation sites is 1. The van der Waals surface area contributed by atoms with Crippen LogP contribution in [0.2, 0.25) is 0 Å². The Kier molecular flexibility index (Phi) is 10.2. The Morgan fingerprint density at radius 1 is 0.847 bits per heavy atom. The maximum atomic E-state index is 13.6. The fraction of sp³-hybridized carbons (Fsp3) is 0.349. The van der Waals surface area contributed by atoms with E-state index in [1.165, 1.54) is 6.33 Å². The van der Waals surface area contributed by atoms with Gasteiger partial charge in [-0.2, -0.15) is 5.10 Å². The van der Waals surface area contributed by atoms with E-state index in [9.17, 15) is 24.0 Å². The molecule has 0 radical (unpaired) electrons.